The van der Waals surface area contributed by atoms with Crippen molar-refractivity contribution in [2.45, 2.75) is 9.79 Å². The van der Waals surface area contributed by atoms with Crippen molar-refractivity contribution in [3.63, 3.8) is 0 Å². The number of primary sulfonamides is 1. The first-order valence-electron chi connectivity index (χ1n) is 7.46. The third-order valence-electron chi connectivity index (χ3n) is 3.76. The molecule has 0 aliphatic heterocycles. The van der Waals surface area contributed by atoms with Crippen LogP contribution in [0.15, 0.2) is 68.6 Å². The van der Waals surface area contributed by atoms with E-state index < -0.39 is 25.0 Å². The van der Waals surface area contributed by atoms with Crippen LogP contribution in [-0.2, 0) is 37.5 Å². The van der Waals surface area contributed by atoms with Crippen molar-refractivity contribution in [3.05, 3.63) is 48.5 Å². The average Bonchev–Trinajstić information content (AvgIpc) is 2.60. The largest absolute Gasteiger partial charge is 1.00 e. The number of azo groups is 1. The Bertz CT molecular complexity index is 1350. The fraction of sp³-hybridized carbons (Fsp3) is 0. The van der Waals surface area contributed by atoms with E-state index in [1.54, 1.807) is 0 Å². The molecule has 30 heavy (non-hydrogen) atoms. The van der Waals surface area contributed by atoms with Crippen LogP contribution in [0.2, 0.25) is 0 Å². The Labute approximate surface area is 204 Å². The number of hydrogen-bond donors (Lipinski definition) is 3. The summed E-state index contributed by atoms with van der Waals surface area (Å²) in [5.41, 5.74) is -0.297. The number of benzene rings is 3. The summed E-state index contributed by atoms with van der Waals surface area (Å²) in [6.45, 7) is 0. The van der Waals surface area contributed by atoms with Crippen LogP contribution in [0.5, 0.6) is 11.5 Å². The SMILES string of the molecule is NS(=O)(=O)c1ccc(O)c(N=Nc2c(O)ccc3cc(S(=O)(=O)[O-])ccc23)c1.[Cr].[Na+]. The van der Waals surface area contributed by atoms with Crippen molar-refractivity contribution >= 4 is 42.3 Å². The number of phenols is 2. The molecule has 0 atom stereocenters. The van der Waals surface area contributed by atoms with Crippen molar-refractivity contribution in [2.24, 2.45) is 15.4 Å². The van der Waals surface area contributed by atoms with Gasteiger partial charge in [-0.3, -0.25) is 0 Å². The number of aromatic hydroxyl groups is 2. The molecular formula is C16H12CrN3NaO7S2. The molecule has 0 aromatic heterocycles. The number of hydrogen-bond acceptors (Lipinski definition) is 9. The van der Waals surface area contributed by atoms with Crippen LogP contribution in [0.1, 0.15) is 0 Å². The van der Waals surface area contributed by atoms with Gasteiger partial charge in [0, 0.05) is 22.7 Å². The van der Waals surface area contributed by atoms with Gasteiger partial charge in [-0.05, 0) is 41.8 Å². The van der Waals surface area contributed by atoms with Gasteiger partial charge in [-0.1, -0.05) is 12.1 Å². The zero-order chi connectivity index (χ0) is 20.7. The molecule has 0 bridgehead atoms. The van der Waals surface area contributed by atoms with Crippen molar-refractivity contribution in [1.29, 1.82) is 0 Å². The molecule has 0 saturated carbocycles. The van der Waals surface area contributed by atoms with Crippen LogP contribution >= 0.6 is 0 Å². The standard InChI is InChI=1S/C16H13N3O7S2.Cr.Na/c17-27(22,23)10-3-6-14(20)13(8-10)18-19-16-12-4-2-11(28(24,25)26)7-9(12)1-5-15(16)21;;/h1-8,20-21H,(H2,17,22,23)(H,24,25,26);;/q;;+1/p-1. The zero-order valence-corrected chi connectivity index (χ0v) is 20.2. The maximum absolute atomic E-state index is 11.4. The molecule has 0 aliphatic carbocycles. The number of sulfonamides is 1. The third kappa shape index (κ3) is 5.79. The van der Waals surface area contributed by atoms with Crippen LogP contribution in [-0.4, -0.2) is 31.6 Å². The Morgan fingerprint density at radius 2 is 1.43 bits per heavy atom. The Hall–Kier alpha value is -1.53. The van der Waals surface area contributed by atoms with Gasteiger partial charge >= 0.3 is 29.6 Å². The van der Waals surface area contributed by atoms with Gasteiger partial charge in [-0.2, -0.15) is 0 Å². The van der Waals surface area contributed by atoms with Crippen molar-refractivity contribution in [3.8, 4) is 11.5 Å². The second kappa shape index (κ2) is 9.73. The smallest absolute Gasteiger partial charge is 0.744 e. The molecule has 3 aromatic carbocycles. The van der Waals surface area contributed by atoms with Gasteiger partial charge in [-0.15, -0.1) is 10.2 Å². The zero-order valence-electron chi connectivity index (χ0n) is 15.3. The molecule has 0 fully saturated rings. The van der Waals surface area contributed by atoms with E-state index in [-0.39, 0.29) is 80.1 Å². The Morgan fingerprint density at radius 3 is 2.03 bits per heavy atom. The maximum atomic E-state index is 11.4. The van der Waals surface area contributed by atoms with E-state index >= 15 is 0 Å². The summed E-state index contributed by atoms with van der Waals surface area (Å²) < 4.78 is 56.3. The number of phenolic OH excluding ortho intramolecular Hbond substituents is 2. The van der Waals surface area contributed by atoms with E-state index in [0.29, 0.717) is 5.39 Å². The molecule has 152 valence electrons. The molecule has 4 N–H and O–H groups in total. The van der Waals surface area contributed by atoms with Crippen LogP contribution in [0.4, 0.5) is 11.4 Å². The molecule has 0 spiro atoms. The topological polar surface area (TPSA) is 183 Å². The molecule has 0 saturated heterocycles. The molecule has 0 aliphatic rings. The van der Waals surface area contributed by atoms with Gasteiger partial charge in [0.15, 0.2) is 0 Å². The molecule has 10 nitrogen and oxygen atoms in total. The summed E-state index contributed by atoms with van der Waals surface area (Å²) in [6, 6.07) is 9.22. The first-order chi connectivity index (χ1) is 13.0. The van der Waals surface area contributed by atoms with Gasteiger partial charge < -0.3 is 14.8 Å². The molecule has 3 aromatic rings. The fourth-order valence-electron chi connectivity index (χ4n) is 2.40. The minimum atomic E-state index is -4.67. The molecule has 0 heterocycles. The minimum Gasteiger partial charge on any atom is -0.744 e. The van der Waals surface area contributed by atoms with E-state index in [9.17, 15) is 31.6 Å². The van der Waals surface area contributed by atoms with Gasteiger partial charge in [-0.25, -0.2) is 22.0 Å². The van der Waals surface area contributed by atoms with E-state index in [1.165, 1.54) is 18.2 Å². The van der Waals surface area contributed by atoms with Gasteiger partial charge in [0.1, 0.15) is 33.0 Å². The van der Waals surface area contributed by atoms with E-state index in [2.05, 4.69) is 10.2 Å². The monoisotopic (exact) mass is 497 g/mol. The van der Waals surface area contributed by atoms with Gasteiger partial charge in [0.05, 0.1) is 9.79 Å². The normalized spacial score (nSPS) is 11.8. The van der Waals surface area contributed by atoms with Crippen LogP contribution < -0.4 is 34.7 Å². The molecular weight excluding hydrogens is 485 g/mol. The summed E-state index contributed by atoms with van der Waals surface area (Å²) in [4.78, 5) is -0.751. The van der Waals surface area contributed by atoms with E-state index in [0.717, 1.165) is 30.3 Å². The number of nitrogens with zero attached hydrogens (tertiary/aromatic N) is 2. The third-order valence-corrected chi connectivity index (χ3v) is 5.51. The molecule has 14 heteroatoms. The Kier molecular flexibility index (Phi) is 8.60. The Balaban J connectivity index is 0.00000225. The molecule has 0 radical (unpaired) electrons. The predicted octanol–water partition coefficient (Wildman–Crippen LogP) is -0.781. The number of rotatable bonds is 4. The van der Waals surface area contributed by atoms with Crippen molar-refractivity contribution in [1.82, 2.24) is 0 Å². The van der Waals surface area contributed by atoms with E-state index in [1.807, 2.05) is 0 Å². The fourth-order valence-corrected chi connectivity index (χ4v) is 3.44. The molecule has 0 amide bonds. The predicted molar refractivity (Wildman–Crippen MR) is 97.2 cm³/mol. The van der Waals surface area contributed by atoms with Crippen LogP contribution in [0, 0.1) is 0 Å². The first kappa shape index (κ1) is 26.5. The number of nitrogens with two attached hydrogens (primary N) is 1. The summed E-state index contributed by atoms with van der Waals surface area (Å²) in [6.07, 6.45) is 0. The second-order valence-electron chi connectivity index (χ2n) is 5.67. The summed E-state index contributed by atoms with van der Waals surface area (Å²) in [7, 11) is -8.70. The molecule has 0 unspecified atom stereocenters. The van der Waals surface area contributed by atoms with E-state index in [4.69, 9.17) is 5.14 Å². The summed E-state index contributed by atoms with van der Waals surface area (Å²) in [5, 5.41) is 33.1. The molecule has 3 rings (SSSR count). The first-order valence-corrected chi connectivity index (χ1v) is 10.4. The van der Waals surface area contributed by atoms with Crippen molar-refractivity contribution < 1.29 is 78.5 Å². The van der Waals surface area contributed by atoms with Crippen molar-refractivity contribution in [2.75, 3.05) is 0 Å². The van der Waals surface area contributed by atoms with Gasteiger partial charge in [0.2, 0.25) is 10.0 Å². The quantitative estimate of drug-likeness (QED) is 0.240. The maximum Gasteiger partial charge on any atom is 1.00 e. The summed E-state index contributed by atoms with van der Waals surface area (Å²) >= 11 is 0. The minimum absolute atomic E-state index is 0. The summed E-state index contributed by atoms with van der Waals surface area (Å²) in [5.74, 6) is -0.688. The second-order valence-corrected chi connectivity index (χ2v) is 8.61. The number of fused-ring (bicyclic) bond motifs is 1. The average molecular weight is 497 g/mol. The van der Waals surface area contributed by atoms with Gasteiger partial charge in [0.25, 0.3) is 0 Å². The van der Waals surface area contributed by atoms with Crippen LogP contribution in [0.3, 0.4) is 0 Å². The Morgan fingerprint density at radius 1 is 0.833 bits per heavy atom. The van der Waals surface area contributed by atoms with Crippen LogP contribution in [0.25, 0.3) is 10.8 Å².